The zero-order valence-electron chi connectivity index (χ0n) is 11.3. The highest BCUT2D eigenvalue weighted by Gasteiger charge is 2.33. The lowest BCUT2D eigenvalue weighted by molar-refractivity contribution is 0.244. The topological polar surface area (TPSA) is 53.0 Å². The molecule has 0 amide bonds. The Balaban J connectivity index is 1.90. The van der Waals surface area contributed by atoms with Gasteiger partial charge in [0.05, 0.1) is 23.0 Å². The molecular weight excluding hydrogens is 234 g/mol. The van der Waals surface area contributed by atoms with E-state index in [0.29, 0.717) is 11.6 Å². The molecule has 1 aromatic carbocycles. The molecule has 2 N–H and O–H groups in total. The third kappa shape index (κ3) is 2.28. The summed E-state index contributed by atoms with van der Waals surface area (Å²) >= 11 is 0. The minimum absolute atomic E-state index is 0.651. The van der Waals surface area contributed by atoms with Crippen molar-refractivity contribution in [2.75, 3.05) is 17.2 Å². The first-order chi connectivity index (χ1) is 9.29. The van der Waals surface area contributed by atoms with E-state index in [4.69, 9.17) is 11.0 Å². The van der Waals surface area contributed by atoms with Crippen LogP contribution >= 0.6 is 0 Å². The summed E-state index contributed by atoms with van der Waals surface area (Å²) in [6.07, 6.45) is 8.03. The van der Waals surface area contributed by atoms with Gasteiger partial charge in [0.25, 0.3) is 0 Å². The first kappa shape index (κ1) is 12.3. The number of rotatable bonds is 1. The highest BCUT2D eigenvalue weighted by Crippen LogP contribution is 2.39. The molecule has 0 spiro atoms. The molecule has 1 aliphatic heterocycles. The van der Waals surface area contributed by atoms with Crippen LogP contribution in [0.2, 0.25) is 0 Å². The number of benzene rings is 1. The molecule has 2 unspecified atom stereocenters. The van der Waals surface area contributed by atoms with Crippen molar-refractivity contribution in [1.29, 1.82) is 5.26 Å². The van der Waals surface area contributed by atoms with Gasteiger partial charge < -0.3 is 10.6 Å². The molecule has 3 heteroatoms. The van der Waals surface area contributed by atoms with Crippen LogP contribution in [0.3, 0.4) is 0 Å². The Bertz CT molecular complexity index is 501. The number of hydrogen-bond acceptors (Lipinski definition) is 3. The fourth-order valence-corrected chi connectivity index (χ4v) is 3.81. The normalized spacial score (nSPS) is 26.6. The lowest BCUT2D eigenvalue weighted by Gasteiger charge is -2.45. The fraction of sp³-hybridized carbons (Fsp3) is 0.562. The predicted octanol–water partition coefficient (Wildman–Crippen LogP) is 3.30. The van der Waals surface area contributed by atoms with Gasteiger partial charge in [-0.25, -0.2) is 0 Å². The van der Waals surface area contributed by atoms with Gasteiger partial charge in [-0.3, -0.25) is 0 Å². The van der Waals surface area contributed by atoms with Crippen molar-refractivity contribution in [1.82, 2.24) is 0 Å². The number of fused-ring (bicyclic) bond motifs is 1. The van der Waals surface area contributed by atoms with E-state index in [1.54, 1.807) is 0 Å². The standard InChI is InChI=1S/C16H21N3/c17-11-12-7-8-16(14(18)10-12)19-9-3-5-13-4-1-2-6-15(13)19/h7-8,10,13,15H,1-6,9,18H2. The Kier molecular flexibility index (Phi) is 3.33. The van der Waals surface area contributed by atoms with Crippen LogP contribution in [0.25, 0.3) is 0 Å². The molecule has 3 nitrogen and oxygen atoms in total. The molecular formula is C16H21N3. The summed E-state index contributed by atoms with van der Waals surface area (Å²) in [6.45, 7) is 1.11. The van der Waals surface area contributed by atoms with Crippen LogP contribution in [0.4, 0.5) is 11.4 Å². The van der Waals surface area contributed by atoms with Crippen LogP contribution in [-0.4, -0.2) is 12.6 Å². The predicted molar refractivity (Wildman–Crippen MR) is 77.9 cm³/mol. The summed E-state index contributed by atoms with van der Waals surface area (Å²) < 4.78 is 0. The molecule has 1 saturated heterocycles. The molecule has 1 aliphatic carbocycles. The molecule has 1 aromatic rings. The van der Waals surface area contributed by atoms with Gasteiger partial charge in [0.15, 0.2) is 0 Å². The zero-order chi connectivity index (χ0) is 13.2. The van der Waals surface area contributed by atoms with Crippen molar-refractivity contribution in [3.63, 3.8) is 0 Å². The van der Waals surface area contributed by atoms with E-state index in [-0.39, 0.29) is 0 Å². The monoisotopic (exact) mass is 255 g/mol. The molecule has 2 atom stereocenters. The molecule has 1 saturated carbocycles. The summed E-state index contributed by atoms with van der Waals surface area (Å²) in [5, 5.41) is 8.93. The van der Waals surface area contributed by atoms with Crippen molar-refractivity contribution >= 4 is 11.4 Å². The smallest absolute Gasteiger partial charge is 0.0992 e. The average Bonchev–Trinajstić information content (AvgIpc) is 2.46. The molecule has 0 bridgehead atoms. The van der Waals surface area contributed by atoms with Crippen molar-refractivity contribution in [2.24, 2.45) is 5.92 Å². The lowest BCUT2D eigenvalue weighted by atomic mass is 9.78. The highest BCUT2D eigenvalue weighted by molar-refractivity contribution is 5.70. The number of nitrogens with zero attached hydrogens (tertiary/aromatic N) is 2. The third-order valence-corrected chi connectivity index (χ3v) is 4.71. The highest BCUT2D eigenvalue weighted by atomic mass is 15.2. The maximum atomic E-state index is 8.93. The lowest BCUT2D eigenvalue weighted by Crippen LogP contribution is -2.47. The second-order valence-electron chi connectivity index (χ2n) is 5.83. The van der Waals surface area contributed by atoms with Crippen LogP contribution in [0.15, 0.2) is 18.2 Å². The largest absolute Gasteiger partial charge is 0.397 e. The summed E-state index contributed by atoms with van der Waals surface area (Å²) in [5.74, 6) is 0.845. The number of nitriles is 1. The van der Waals surface area contributed by atoms with Crippen LogP contribution in [-0.2, 0) is 0 Å². The van der Waals surface area contributed by atoms with Gasteiger partial charge in [-0.1, -0.05) is 12.8 Å². The van der Waals surface area contributed by atoms with Crippen LogP contribution in [0.1, 0.15) is 44.1 Å². The number of nitrogens with two attached hydrogens (primary N) is 1. The number of piperidine rings is 1. The van der Waals surface area contributed by atoms with E-state index in [2.05, 4.69) is 11.0 Å². The van der Waals surface area contributed by atoms with Gasteiger partial charge in [-0.2, -0.15) is 5.26 Å². The van der Waals surface area contributed by atoms with Crippen molar-refractivity contribution in [2.45, 2.75) is 44.6 Å². The maximum absolute atomic E-state index is 8.93. The van der Waals surface area contributed by atoms with E-state index in [9.17, 15) is 0 Å². The van der Waals surface area contributed by atoms with E-state index < -0.39 is 0 Å². The fourth-order valence-electron chi connectivity index (χ4n) is 3.81. The van der Waals surface area contributed by atoms with Gasteiger partial charge in [0, 0.05) is 12.6 Å². The van der Waals surface area contributed by atoms with E-state index in [1.165, 1.54) is 38.5 Å². The molecule has 100 valence electrons. The quantitative estimate of drug-likeness (QED) is 0.783. The molecule has 19 heavy (non-hydrogen) atoms. The zero-order valence-corrected chi connectivity index (χ0v) is 11.3. The summed E-state index contributed by atoms with van der Waals surface area (Å²) in [7, 11) is 0. The van der Waals surface area contributed by atoms with Crippen molar-refractivity contribution in [3.8, 4) is 6.07 Å². The second-order valence-corrected chi connectivity index (χ2v) is 5.83. The minimum atomic E-state index is 0.651. The number of anilines is 2. The first-order valence-electron chi connectivity index (χ1n) is 7.36. The molecule has 0 radical (unpaired) electrons. The minimum Gasteiger partial charge on any atom is -0.397 e. The van der Waals surface area contributed by atoms with Gasteiger partial charge in [0.1, 0.15) is 0 Å². The Morgan fingerprint density at radius 3 is 2.74 bits per heavy atom. The Hall–Kier alpha value is -1.69. The summed E-state index contributed by atoms with van der Waals surface area (Å²) in [6, 6.07) is 8.55. The molecule has 2 fully saturated rings. The molecule has 3 rings (SSSR count). The summed E-state index contributed by atoms with van der Waals surface area (Å²) in [5.41, 5.74) is 8.70. The Labute approximate surface area is 115 Å². The van der Waals surface area contributed by atoms with E-state index >= 15 is 0 Å². The molecule has 2 aliphatic rings. The van der Waals surface area contributed by atoms with Crippen LogP contribution in [0, 0.1) is 17.2 Å². The SMILES string of the molecule is N#Cc1ccc(N2CCCC3CCCCC32)c(N)c1. The number of nitrogen functional groups attached to an aromatic ring is 1. The molecule has 1 heterocycles. The summed E-state index contributed by atoms with van der Waals surface area (Å²) in [4.78, 5) is 2.50. The molecule has 0 aromatic heterocycles. The Morgan fingerprint density at radius 1 is 1.16 bits per heavy atom. The van der Waals surface area contributed by atoms with Gasteiger partial charge >= 0.3 is 0 Å². The van der Waals surface area contributed by atoms with Gasteiger partial charge in [0.2, 0.25) is 0 Å². The average molecular weight is 255 g/mol. The maximum Gasteiger partial charge on any atom is 0.0992 e. The van der Waals surface area contributed by atoms with Crippen molar-refractivity contribution < 1.29 is 0 Å². The van der Waals surface area contributed by atoms with Gasteiger partial charge in [-0.15, -0.1) is 0 Å². The Morgan fingerprint density at radius 2 is 1.95 bits per heavy atom. The van der Waals surface area contributed by atoms with Crippen LogP contribution in [0.5, 0.6) is 0 Å². The van der Waals surface area contributed by atoms with E-state index in [0.717, 1.165) is 23.8 Å². The third-order valence-electron chi connectivity index (χ3n) is 4.71. The van der Waals surface area contributed by atoms with E-state index in [1.807, 2.05) is 18.2 Å². The second kappa shape index (κ2) is 5.13. The van der Waals surface area contributed by atoms with Crippen LogP contribution < -0.4 is 10.6 Å². The number of hydrogen-bond donors (Lipinski definition) is 1. The van der Waals surface area contributed by atoms with Crippen molar-refractivity contribution in [3.05, 3.63) is 23.8 Å². The first-order valence-corrected chi connectivity index (χ1v) is 7.36. The van der Waals surface area contributed by atoms with Gasteiger partial charge in [-0.05, 0) is 49.8 Å².